The number of phenolic OH excluding ortho intramolecular Hbond substituents is 1. The van der Waals surface area contributed by atoms with Gasteiger partial charge >= 0.3 is 0 Å². The number of fused-ring (bicyclic) bond motifs is 3. The van der Waals surface area contributed by atoms with Crippen LogP contribution in [-0.2, 0) is 19.2 Å². The van der Waals surface area contributed by atoms with Crippen LogP contribution in [0.15, 0.2) is 36.5 Å². The van der Waals surface area contributed by atoms with E-state index in [0.717, 1.165) is 0 Å². The van der Waals surface area contributed by atoms with Crippen LogP contribution in [0, 0.1) is 23.7 Å². The summed E-state index contributed by atoms with van der Waals surface area (Å²) in [5, 5.41) is 34.1. The predicted octanol–water partition coefficient (Wildman–Crippen LogP) is -0.539. The van der Waals surface area contributed by atoms with Gasteiger partial charge in [0.25, 0.3) is 0 Å². The van der Waals surface area contributed by atoms with Gasteiger partial charge in [-0.05, 0) is 49.8 Å². The highest BCUT2D eigenvalue weighted by Gasteiger charge is 2.73. The zero-order chi connectivity index (χ0) is 27.8. The number of carbonyl (C=O) groups is 5. The van der Waals surface area contributed by atoms with E-state index in [4.69, 9.17) is 5.73 Å². The van der Waals surface area contributed by atoms with Gasteiger partial charge in [-0.2, -0.15) is 0 Å². The van der Waals surface area contributed by atoms with E-state index in [1.54, 1.807) is 37.4 Å². The second-order valence-electron chi connectivity index (χ2n) is 10.5. The van der Waals surface area contributed by atoms with Crippen molar-refractivity contribution in [3.05, 3.63) is 47.7 Å². The van der Waals surface area contributed by atoms with Crippen molar-refractivity contribution in [1.82, 2.24) is 9.88 Å². The highest BCUT2D eigenvalue weighted by Crippen LogP contribution is 2.55. The molecule has 0 radical (unpaired) electrons. The number of hydrogen-bond donors (Lipinski definition) is 4. The molecule has 8 unspecified atom stereocenters. The summed E-state index contributed by atoms with van der Waals surface area (Å²) in [7, 11) is 2.89. The molecule has 3 aliphatic carbocycles. The second-order valence-corrected chi connectivity index (χ2v) is 10.5. The van der Waals surface area contributed by atoms with Crippen LogP contribution in [0.3, 0.4) is 0 Å². The highest BCUT2D eigenvalue weighted by molar-refractivity contribution is 6.32. The fourth-order valence-corrected chi connectivity index (χ4v) is 6.81. The second kappa shape index (κ2) is 8.62. The lowest BCUT2D eigenvalue weighted by molar-refractivity contribution is -0.196. The van der Waals surface area contributed by atoms with Gasteiger partial charge in [0.15, 0.2) is 34.7 Å². The average molecular weight is 522 g/mol. The third-order valence-electron chi connectivity index (χ3n) is 8.41. The van der Waals surface area contributed by atoms with Gasteiger partial charge in [0.1, 0.15) is 5.75 Å². The summed E-state index contributed by atoms with van der Waals surface area (Å²) in [6.07, 6.45) is -0.134. The van der Waals surface area contributed by atoms with Gasteiger partial charge < -0.3 is 21.1 Å². The molecule has 5 rings (SSSR count). The van der Waals surface area contributed by atoms with Crippen LogP contribution in [-0.4, -0.2) is 86.1 Å². The molecule has 1 amide bonds. The fraction of sp³-hybridized carbons (Fsp3) is 0.407. The van der Waals surface area contributed by atoms with E-state index in [0.29, 0.717) is 16.8 Å². The quantitative estimate of drug-likeness (QED) is 0.382. The predicted molar refractivity (Wildman–Crippen MR) is 131 cm³/mol. The number of nitrogens with zero attached hydrogens (tertiary/aromatic N) is 2. The number of nitrogens with two attached hydrogens (primary N) is 1. The standard InChI is InChI=1S/C27H27N3O8/c1-10-14-11(12-6-4-5-9-29-12)7-8-13(31)16(14)21(32)17-15(10)22(33)19-20(30(2)3)23(34)18(26(28)37)25(36)27(19,38)24(17)35/h4-10,15,17-20,22,31,33,38H,1-3H3,(H2,28,37). The molecule has 0 bridgehead atoms. The lowest BCUT2D eigenvalue weighted by Crippen LogP contribution is -2.77. The lowest BCUT2D eigenvalue weighted by atomic mass is 9.49. The van der Waals surface area contributed by atoms with Crippen LogP contribution in [0.4, 0.5) is 0 Å². The Bertz CT molecular complexity index is 1410. The minimum atomic E-state index is -3.02. The van der Waals surface area contributed by atoms with E-state index in [1.807, 2.05) is 0 Å². The van der Waals surface area contributed by atoms with E-state index in [1.165, 1.54) is 25.1 Å². The summed E-state index contributed by atoms with van der Waals surface area (Å²) < 4.78 is 0. The number of Topliss-reactive ketones (excluding diaryl/α,β-unsaturated/α-hetero) is 4. The van der Waals surface area contributed by atoms with Crippen molar-refractivity contribution < 1.29 is 39.3 Å². The molecule has 5 N–H and O–H groups in total. The number of aromatic nitrogens is 1. The molecule has 2 aromatic rings. The zero-order valence-corrected chi connectivity index (χ0v) is 20.9. The fourth-order valence-electron chi connectivity index (χ4n) is 6.81. The monoisotopic (exact) mass is 521 g/mol. The summed E-state index contributed by atoms with van der Waals surface area (Å²) in [4.78, 5) is 72.2. The number of phenols is 1. The van der Waals surface area contributed by atoms with Crippen LogP contribution in [0.5, 0.6) is 5.75 Å². The molecule has 1 aromatic carbocycles. The third kappa shape index (κ3) is 3.19. The first kappa shape index (κ1) is 25.8. The number of aliphatic hydroxyl groups is 2. The Morgan fingerprint density at radius 2 is 1.76 bits per heavy atom. The topological polar surface area (TPSA) is 188 Å². The Hall–Kier alpha value is -3.80. The van der Waals surface area contributed by atoms with Gasteiger partial charge in [0, 0.05) is 17.7 Å². The van der Waals surface area contributed by atoms with Gasteiger partial charge in [-0.3, -0.25) is 33.9 Å². The van der Waals surface area contributed by atoms with Crippen molar-refractivity contribution in [2.75, 3.05) is 14.1 Å². The molecule has 38 heavy (non-hydrogen) atoms. The molecule has 2 saturated carbocycles. The number of pyridine rings is 1. The number of amides is 1. The highest BCUT2D eigenvalue weighted by atomic mass is 16.3. The van der Waals surface area contributed by atoms with Crippen LogP contribution in [0.2, 0.25) is 0 Å². The summed E-state index contributed by atoms with van der Waals surface area (Å²) in [6.45, 7) is 1.67. The number of carbonyl (C=O) groups excluding carboxylic acids is 5. The summed E-state index contributed by atoms with van der Waals surface area (Å²) >= 11 is 0. The molecule has 198 valence electrons. The maximum atomic E-state index is 14.0. The Balaban J connectivity index is 1.75. The van der Waals surface area contributed by atoms with E-state index in [9.17, 15) is 39.3 Å². The van der Waals surface area contributed by atoms with Crippen LogP contribution >= 0.6 is 0 Å². The Morgan fingerprint density at radius 1 is 1.08 bits per heavy atom. The van der Waals surface area contributed by atoms with E-state index >= 15 is 0 Å². The Labute approximate surface area is 217 Å². The van der Waals surface area contributed by atoms with Gasteiger partial charge in [0.2, 0.25) is 5.91 Å². The maximum absolute atomic E-state index is 14.0. The van der Waals surface area contributed by atoms with Crippen LogP contribution in [0.1, 0.15) is 28.8 Å². The number of hydrogen-bond acceptors (Lipinski definition) is 10. The Morgan fingerprint density at radius 3 is 2.34 bits per heavy atom. The average Bonchev–Trinajstić information content (AvgIpc) is 2.86. The lowest BCUT2D eigenvalue weighted by Gasteiger charge is -2.56. The van der Waals surface area contributed by atoms with Gasteiger partial charge in [-0.1, -0.05) is 13.0 Å². The van der Waals surface area contributed by atoms with Gasteiger partial charge in [-0.25, -0.2) is 0 Å². The molecule has 8 atom stereocenters. The number of ketones is 4. The molecule has 1 aromatic heterocycles. The van der Waals surface area contributed by atoms with Crippen molar-refractivity contribution in [3.8, 4) is 17.0 Å². The summed E-state index contributed by atoms with van der Waals surface area (Å²) in [5.41, 5.74) is 3.49. The molecular formula is C27H27N3O8. The molecule has 0 saturated heterocycles. The largest absolute Gasteiger partial charge is 0.507 e. The van der Waals surface area contributed by atoms with Crippen LogP contribution < -0.4 is 5.73 Å². The van der Waals surface area contributed by atoms with E-state index < -0.39 is 82.1 Å². The third-order valence-corrected chi connectivity index (χ3v) is 8.41. The minimum absolute atomic E-state index is 0.167. The first-order chi connectivity index (χ1) is 17.8. The SMILES string of the molecule is CC1c2c(-c3ccccn3)ccc(O)c2C(=O)C2C(=O)C3(O)C(=O)C(C(N)=O)C(=O)C(N(C)C)C3C(O)C21. The molecule has 3 aliphatic rings. The van der Waals surface area contributed by atoms with Crippen molar-refractivity contribution in [1.29, 1.82) is 0 Å². The zero-order valence-electron chi connectivity index (χ0n) is 20.9. The van der Waals surface area contributed by atoms with Crippen LogP contribution in [0.25, 0.3) is 11.3 Å². The molecule has 0 spiro atoms. The van der Waals surface area contributed by atoms with Crippen molar-refractivity contribution >= 4 is 29.0 Å². The molecule has 2 fully saturated rings. The number of rotatable bonds is 3. The normalized spacial score (nSPS) is 34.5. The number of aliphatic hydroxyl groups excluding tert-OH is 1. The molecule has 0 aliphatic heterocycles. The van der Waals surface area contributed by atoms with Crippen molar-refractivity contribution in [3.63, 3.8) is 0 Å². The molecule has 11 nitrogen and oxygen atoms in total. The van der Waals surface area contributed by atoms with Crippen molar-refractivity contribution in [2.24, 2.45) is 29.4 Å². The molecule has 11 heteroatoms. The Kier molecular flexibility index (Phi) is 5.86. The number of likely N-dealkylation sites (N-methyl/N-ethyl adjacent to an activating group) is 1. The van der Waals surface area contributed by atoms with Crippen molar-refractivity contribution in [2.45, 2.75) is 30.6 Å². The molecule has 1 heterocycles. The first-order valence-corrected chi connectivity index (χ1v) is 12.2. The number of primary amides is 1. The maximum Gasteiger partial charge on any atom is 0.235 e. The number of benzene rings is 1. The summed E-state index contributed by atoms with van der Waals surface area (Å²) in [6, 6.07) is 6.63. The van der Waals surface area contributed by atoms with E-state index in [-0.39, 0.29) is 5.56 Å². The minimum Gasteiger partial charge on any atom is -0.507 e. The smallest absolute Gasteiger partial charge is 0.235 e. The first-order valence-electron chi connectivity index (χ1n) is 12.2. The number of aromatic hydroxyl groups is 1. The molecular weight excluding hydrogens is 494 g/mol. The van der Waals surface area contributed by atoms with E-state index in [2.05, 4.69) is 4.98 Å². The summed E-state index contributed by atoms with van der Waals surface area (Å²) in [5.74, 6) is -13.6. The van der Waals surface area contributed by atoms with Gasteiger partial charge in [-0.15, -0.1) is 0 Å². The van der Waals surface area contributed by atoms with Gasteiger partial charge in [0.05, 0.1) is 35.2 Å².